The van der Waals surface area contributed by atoms with E-state index in [0.29, 0.717) is 12.5 Å². The van der Waals surface area contributed by atoms with Crippen molar-refractivity contribution in [2.24, 2.45) is 5.92 Å². The van der Waals surface area contributed by atoms with Gasteiger partial charge < -0.3 is 10.4 Å². The molecule has 0 bridgehead atoms. The van der Waals surface area contributed by atoms with Gasteiger partial charge in [0.15, 0.2) is 0 Å². The fourth-order valence-corrected chi connectivity index (χ4v) is 2.83. The smallest absolute Gasteiger partial charge is 0.0925 e. The summed E-state index contributed by atoms with van der Waals surface area (Å²) in [6.07, 6.45) is 3.74. The Hall–Kier alpha value is -0.450. The van der Waals surface area contributed by atoms with E-state index in [1.165, 1.54) is 9.88 Å². The molecule has 0 aliphatic heterocycles. The van der Waals surface area contributed by atoms with Gasteiger partial charge in [0.1, 0.15) is 0 Å². The summed E-state index contributed by atoms with van der Waals surface area (Å²) in [5.41, 5.74) is -0.619. The highest BCUT2D eigenvalue weighted by molar-refractivity contribution is 7.11. The van der Waals surface area contributed by atoms with Crippen molar-refractivity contribution in [3.63, 3.8) is 0 Å². The third-order valence-electron chi connectivity index (χ3n) is 2.56. The SMILES string of the molecule is CCc1ncc(CNCC(C)(O)CC(C)C)s1. The zero-order chi connectivity index (χ0) is 12.9. The van der Waals surface area contributed by atoms with E-state index in [1.54, 1.807) is 11.3 Å². The summed E-state index contributed by atoms with van der Waals surface area (Å²) in [7, 11) is 0. The number of aryl methyl sites for hydroxylation is 1. The summed E-state index contributed by atoms with van der Waals surface area (Å²) < 4.78 is 0. The topological polar surface area (TPSA) is 45.2 Å². The molecule has 0 saturated heterocycles. The summed E-state index contributed by atoms with van der Waals surface area (Å²) in [5, 5.41) is 14.6. The highest BCUT2D eigenvalue weighted by Crippen LogP contribution is 2.16. The van der Waals surface area contributed by atoms with Crippen molar-refractivity contribution < 1.29 is 5.11 Å². The molecular weight excluding hydrogens is 232 g/mol. The van der Waals surface area contributed by atoms with Crippen LogP contribution in [0.25, 0.3) is 0 Å². The van der Waals surface area contributed by atoms with Gasteiger partial charge in [-0.2, -0.15) is 0 Å². The van der Waals surface area contributed by atoms with Crippen LogP contribution in [0.5, 0.6) is 0 Å². The fourth-order valence-electron chi connectivity index (χ4n) is 2.00. The molecule has 1 aromatic heterocycles. The number of aromatic nitrogens is 1. The molecule has 2 N–H and O–H groups in total. The second kappa shape index (κ2) is 6.47. The summed E-state index contributed by atoms with van der Waals surface area (Å²) in [5.74, 6) is 0.516. The monoisotopic (exact) mass is 256 g/mol. The number of hydrogen-bond donors (Lipinski definition) is 2. The number of nitrogens with one attached hydrogen (secondary N) is 1. The fraction of sp³-hybridized carbons (Fsp3) is 0.769. The molecule has 1 atom stereocenters. The second-order valence-electron chi connectivity index (χ2n) is 5.27. The first-order valence-electron chi connectivity index (χ1n) is 6.29. The standard InChI is InChI=1S/C13H24N2OS/c1-5-12-15-8-11(17-12)7-14-9-13(4,16)6-10(2)3/h8,10,14,16H,5-7,9H2,1-4H3. The Bertz CT molecular complexity index is 334. The minimum absolute atomic E-state index is 0.516. The van der Waals surface area contributed by atoms with Gasteiger partial charge in [0, 0.05) is 24.2 Å². The van der Waals surface area contributed by atoms with E-state index in [1.807, 2.05) is 13.1 Å². The quantitative estimate of drug-likeness (QED) is 0.788. The van der Waals surface area contributed by atoms with E-state index in [2.05, 4.69) is 31.1 Å². The van der Waals surface area contributed by atoms with Gasteiger partial charge in [0.05, 0.1) is 10.6 Å². The lowest BCUT2D eigenvalue weighted by atomic mass is 9.94. The number of thiazole rings is 1. The van der Waals surface area contributed by atoms with Gasteiger partial charge in [-0.25, -0.2) is 4.98 Å². The van der Waals surface area contributed by atoms with Crippen molar-refractivity contribution in [1.82, 2.24) is 10.3 Å². The molecule has 0 spiro atoms. The first kappa shape index (κ1) is 14.6. The molecule has 1 rings (SSSR count). The molecular formula is C13H24N2OS. The minimum Gasteiger partial charge on any atom is -0.389 e. The van der Waals surface area contributed by atoms with Crippen LogP contribution in [-0.4, -0.2) is 22.2 Å². The first-order valence-corrected chi connectivity index (χ1v) is 7.11. The van der Waals surface area contributed by atoms with E-state index in [-0.39, 0.29) is 0 Å². The number of aliphatic hydroxyl groups is 1. The Balaban J connectivity index is 2.31. The second-order valence-corrected chi connectivity index (χ2v) is 6.47. The Morgan fingerprint density at radius 3 is 2.76 bits per heavy atom. The third kappa shape index (κ3) is 5.61. The molecule has 1 heterocycles. The van der Waals surface area contributed by atoms with Gasteiger partial charge in [-0.15, -0.1) is 11.3 Å². The lowest BCUT2D eigenvalue weighted by molar-refractivity contribution is 0.0384. The van der Waals surface area contributed by atoms with Gasteiger partial charge >= 0.3 is 0 Å². The lowest BCUT2D eigenvalue weighted by Crippen LogP contribution is -2.38. The van der Waals surface area contributed by atoms with Gasteiger partial charge in [-0.3, -0.25) is 0 Å². The van der Waals surface area contributed by atoms with Gasteiger partial charge in [0.25, 0.3) is 0 Å². The van der Waals surface area contributed by atoms with Crippen molar-refractivity contribution >= 4 is 11.3 Å². The van der Waals surface area contributed by atoms with Crippen molar-refractivity contribution in [1.29, 1.82) is 0 Å². The number of nitrogens with zero attached hydrogens (tertiary/aromatic N) is 1. The molecule has 98 valence electrons. The van der Waals surface area contributed by atoms with Crippen molar-refractivity contribution in [2.45, 2.75) is 52.7 Å². The molecule has 17 heavy (non-hydrogen) atoms. The van der Waals surface area contributed by atoms with Crippen molar-refractivity contribution in [3.8, 4) is 0 Å². The van der Waals surface area contributed by atoms with Crippen LogP contribution in [0, 0.1) is 5.92 Å². The van der Waals surface area contributed by atoms with Crippen LogP contribution in [0.3, 0.4) is 0 Å². The Morgan fingerprint density at radius 1 is 1.53 bits per heavy atom. The highest BCUT2D eigenvalue weighted by atomic mass is 32.1. The molecule has 0 aliphatic rings. The van der Waals surface area contributed by atoms with Crippen LogP contribution in [0.2, 0.25) is 0 Å². The molecule has 0 aromatic carbocycles. The number of rotatable bonds is 7. The van der Waals surface area contributed by atoms with E-state index in [9.17, 15) is 5.11 Å². The van der Waals surface area contributed by atoms with Crippen LogP contribution in [0.1, 0.15) is 44.0 Å². The molecule has 4 heteroatoms. The summed E-state index contributed by atoms with van der Waals surface area (Å²) in [4.78, 5) is 5.55. The van der Waals surface area contributed by atoms with Gasteiger partial charge in [0.2, 0.25) is 0 Å². The first-order chi connectivity index (χ1) is 7.93. The zero-order valence-electron chi connectivity index (χ0n) is 11.3. The van der Waals surface area contributed by atoms with E-state index in [4.69, 9.17) is 0 Å². The largest absolute Gasteiger partial charge is 0.389 e. The highest BCUT2D eigenvalue weighted by Gasteiger charge is 2.21. The maximum absolute atomic E-state index is 10.1. The maximum atomic E-state index is 10.1. The van der Waals surface area contributed by atoms with Crippen molar-refractivity contribution in [3.05, 3.63) is 16.1 Å². The van der Waals surface area contributed by atoms with Gasteiger partial charge in [-0.1, -0.05) is 20.8 Å². The molecule has 0 saturated carbocycles. The molecule has 0 fully saturated rings. The van der Waals surface area contributed by atoms with E-state index >= 15 is 0 Å². The summed E-state index contributed by atoms with van der Waals surface area (Å²) in [6.45, 7) is 9.69. The van der Waals surface area contributed by atoms with Crippen LogP contribution in [0.15, 0.2) is 6.20 Å². The Labute approximate surface area is 108 Å². The molecule has 0 radical (unpaired) electrons. The summed E-state index contributed by atoms with van der Waals surface area (Å²) in [6, 6.07) is 0. The Kier molecular flexibility index (Phi) is 5.56. The Morgan fingerprint density at radius 2 is 2.24 bits per heavy atom. The number of hydrogen-bond acceptors (Lipinski definition) is 4. The van der Waals surface area contributed by atoms with E-state index < -0.39 is 5.60 Å². The average Bonchev–Trinajstić information content (AvgIpc) is 2.63. The lowest BCUT2D eigenvalue weighted by Gasteiger charge is -2.25. The molecule has 1 aromatic rings. The average molecular weight is 256 g/mol. The van der Waals surface area contributed by atoms with E-state index in [0.717, 1.165) is 19.4 Å². The minimum atomic E-state index is -0.619. The molecule has 3 nitrogen and oxygen atoms in total. The normalized spacial score (nSPS) is 15.2. The molecule has 0 amide bonds. The van der Waals surface area contributed by atoms with Crippen LogP contribution in [0.4, 0.5) is 0 Å². The predicted molar refractivity (Wildman–Crippen MR) is 73.3 cm³/mol. The molecule has 0 aliphatic carbocycles. The van der Waals surface area contributed by atoms with Gasteiger partial charge in [-0.05, 0) is 25.7 Å². The van der Waals surface area contributed by atoms with Crippen molar-refractivity contribution in [2.75, 3.05) is 6.54 Å². The summed E-state index contributed by atoms with van der Waals surface area (Å²) >= 11 is 1.74. The third-order valence-corrected chi connectivity index (χ3v) is 3.70. The maximum Gasteiger partial charge on any atom is 0.0925 e. The zero-order valence-corrected chi connectivity index (χ0v) is 12.1. The molecule has 1 unspecified atom stereocenters. The van der Waals surface area contributed by atoms with Crippen LogP contribution in [-0.2, 0) is 13.0 Å². The van der Waals surface area contributed by atoms with Crippen LogP contribution >= 0.6 is 11.3 Å². The van der Waals surface area contributed by atoms with Crippen LogP contribution < -0.4 is 5.32 Å². The predicted octanol–water partition coefficient (Wildman–Crippen LogP) is 2.59.